The van der Waals surface area contributed by atoms with E-state index in [0.29, 0.717) is 12.6 Å². The lowest BCUT2D eigenvalue weighted by Gasteiger charge is -2.54. The van der Waals surface area contributed by atoms with Crippen LogP contribution in [0.5, 0.6) is 5.75 Å². The Balaban J connectivity index is 1.16. The molecule has 0 aliphatic heterocycles. The minimum absolute atomic E-state index is 0.176. The van der Waals surface area contributed by atoms with Gasteiger partial charge in [0.2, 0.25) is 0 Å². The monoisotopic (exact) mass is 368 g/mol. The number of halogens is 3. The first-order valence-corrected chi connectivity index (χ1v) is 9.75. The highest BCUT2D eigenvalue weighted by Gasteiger charge is 2.47. The third-order valence-corrected chi connectivity index (χ3v) is 6.39. The SMILES string of the molecule is FC(F)(F)Oc1ccc(CNCCNC2C3CC4CC(C3)CC2C4)cc1. The summed E-state index contributed by atoms with van der Waals surface area (Å²) in [6.45, 7) is 2.46. The molecule has 6 heteroatoms. The van der Waals surface area contributed by atoms with Gasteiger partial charge in [-0.05, 0) is 73.5 Å². The van der Waals surface area contributed by atoms with Crippen molar-refractivity contribution in [3.8, 4) is 5.75 Å². The number of alkyl halides is 3. The van der Waals surface area contributed by atoms with E-state index in [9.17, 15) is 13.2 Å². The van der Waals surface area contributed by atoms with Crippen molar-refractivity contribution in [3.05, 3.63) is 29.8 Å². The molecular formula is C20H27F3N2O. The van der Waals surface area contributed by atoms with Gasteiger partial charge < -0.3 is 15.4 Å². The Kier molecular flexibility index (Phi) is 5.15. The van der Waals surface area contributed by atoms with Gasteiger partial charge >= 0.3 is 6.36 Å². The molecule has 4 saturated carbocycles. The van der Waals surface area contributed by atoms with Crippen LogP contribution in [0.2, 0.25) is 0 Å². The van der Waals surface area contributed by atoms with E-state index < -0.39 is 6.36 Å². The molecule has 0 saturated heterocycles. The van der Waals surface area contributed by atoms with Crippen molar-refractivity contribution < 1.29 is 17.9 Å². The molecule has 144 valence electrons. The van der Waals surface area contributed by atoms with E-state index >= 15 is 0 Å². The summed E-state index contributed by atoms with van der Waals surface area (Å²) < 4.78 is 40.3. The van der Waals surface area contributed by atoms with Crippen LogP contribution >= 0.6 is 0 Å². The largest absolute Gasteiger partial charge is 0.573 e. The molecule has 1 aromatic carbocycles. The molecule has 5 rings (SSSR count). The molecule has 4 aliphatic rings. The molecular weight excluding hydrogens is 341 g/mol. The molecule has 3 nitrogen and oxygen atoms in total. The van der Waals surface area contributed by atoms with Gasteiger partial charge in [0, 0.05) is 25.7 Å². The average Bonchev–Trinajstić information content (AvgIpc) is 2.56. The van der Waals surface area contributed by atoms with Gasteiger partial charge in [0.05, 0.1) is 0 Å². The predicted octanol–water partition coefficient (Wildman–Crippen LogP) is 4.09. The third kappa shape index (κ3) is 4.34. The van der Waals surface area contributed by atoms with Crippen LogP contribution in [0.25, 0.3) is 0 Å². The summed E-state index contributed by atoms with van der Waals surface area (Å²) in [5, 5.41) is 7.15. The fourth-order valence-electron chi connectivity index (χ4n) is 5.63. The quantitative estimate of drug-likeness (QED) is 0.711. The minimum atomic E-state index is -4.64. The molecule has 0 atom stereocenters. The zero-order chi connectivity index (χ0) is 18.1. The number of nitrogens with one attached hydrogen (secondary N) is 2. The van der Waals surface area contributed by atoms with Crippen molar-refractivity contribution in [1.82, 2.24) is 10.6 Å². The Bertz CT molecular complexity index is 574. The maximum Gasteiger partial charge on any atom is 0.573 e. The molecule has 0 spiro atoms. The normalized spacial score (nSPS) is 32.8. The van der Waals surface area contributed by atoms with Crippen LogP contribution in [-0.4, -0.2) is 25.5 Å². The fraction of sp³-hybridized carbons (Fsp3) is 0.700. The number of benzene rings is 1. The van der Waals surface area contributed by atoms with E-state index in [1.165, 1.54) is 44.2 Å². The van der Waals surface area contributed by atoms with Gasteiger partial charge in [-0.2, -0.15) is 0 Å². The lowest BCUT2D eigenvalue weighted by Crippen LogP contribution is -2.55. The van der Waals surface area contributed by atoms with Gasteiger partial charge in [0.15, 0.2) is 0 Å². The van der Waals surface area contributed by atoms with Gasteiger partial charge in [-0.15, -0.1) is 13.2 Å². The Morgan fingerprint density at radius 1 is 0.885 bits per heavy atom. The van der Waals surface area contributed by atoms with Crippen LogP contribution in [0, 0.1) is 23.7 Å². The molecule has 0 aromatic heterocycles. The van der Waals surface area contributed by atoms with Gasteiger partial charge in [0.25, 0.3) is 0 Å². The molecule has 0 heterocycles. The summed E-state index contributed by atoms with van der Waals surface area (Å²) >= 11 is 0. The van der Waals surface area contributed by atoms with E-state index in [4.69, 9.17) is 0 Å². The van der Waals surface area contributed by atoms with Crippen molar-refractivity contribution in [2.24, 2.45) is 23.7 Å². The smallest absolute Gasteiger partial charge is 0.406 e. The third-order valence-electron chi connectivity index (χ3n) is 6.39. The zero-order valence-electron chi connectivity index (χ0n) is 14.9. The Morgan fingerprint density at radius 3 is 2.08 bits per heavy atom. The molecule has 4 bridgehead atoms. The van der Waals surface area contributed by atoms with Crippen LogP contribution in [0.1, 0.15) is 37.7 Å². The van der Waals surface area contributed by atoms with Crippen molar-refractivity contribution >= 4 is 0 Å². The second-order valence-corrected chi connectivity index (χ2v) is 8.28. The zero-order valence-corrected chi connectivity index (χ0v) is 14.9. The standard InChI is InChI=1S/C20H27F3N2O/c21-20(22,23)26-18-3-1-13(2-4-18)12-24-5-6-25-19-16-8-14-7-15(10-16)11-17(19)9-14/h1-4,14-17,19,24-25H,5-12H2. The summed E-state index contributed by atoms with van der Waals surface area (Å²) in [6, 6.07) is 6.75. The van der Waals surface area contributed by atoms with E-state index in [-0.39, 0.29) is 5.75 Å². The van der Waals surface area contributed by atoms with Crippen LogP contribution < -0.4 is 15.4 Å². The second-order valence-electron chi connectivity index (χ2n) is 8.28. The highest BCUT2D eigenvalue weighted by molar-refractivity contribution is 5.27. The molecule has 2 N–H and O–H groups in total. The number of rotatable bonds is 7. The minimum Gasteiger partial charge on any atom is -0.406 e. The van der Waals surface area contributed by atoms with E-state index in [1.807, 2.05) is 0 Å². The summed E-state index contributed by atoms with van der Waals surface area (Å²) in [6.07, 6.45) is 2.53. The Morgan fingerprint density at radius 2 is 1.50 bits per heavy atom. The first-order chi connectivity index (χ1) is 12.5. The fourth-order valence-corrected chi connectivity index (χ4v) is 5.63. The van der Waals surface area contributed by atoms with Gasteiger partial charge in [-0.25, -0.2) is 0 Å². The van der Waals surface area contributed by atoms with E-state index in [0.717, 1.165) is 42.3 Å². The lowest BCUT2D eigenvalue weighted by atomic mass is 9.54. The van der Waals surface area contributed by atoms with Gasteiger partial charge in [-0.1, -0.05) is 12.1 Å². The van der Waals surface area contributed by atoms with Crippen LogP contribution in [-0.2, 0) is 6.54 Å². The van der Waals surface area contributed by atoms with Crippen molar-refractivity contribution in [1.29, 1.82) is 0 Å². The molecule has 0 radical (unpaired) electrons. The molecule has 26 heavy (non-hydrogen) atoms. The van der Waals surface area contributed by atoms with E-state index in [1.54, 1.807) is 12.1 Å². The number of ether oxygens (including phenoxy) is 1. The Hall–Kier alpha value is -1.27. The molecule has 4 aliphatic carbocycles. The Labute approximate surface area is 152 Å². The highest BCUT2D eigenvalue weighted by atomic mass is 19.4. The topological polar surface area (TPSA) is 33.3 Å². The number of hydrogen-bond acceptors (Lipinski definition) is 3. The first kappa shape index (κ1) is 18.1. The van der Waals surface area contributed by atoms with Crippen molar-refractivity contribution in [2.45, 2.75) is 51.1 Å². The summed E-state index contributed by atoms with van der Waals surface area (Å²) in [5.41, 5.74) is 0.953. The maximum absolute atomic E-state index is 12.1. The maximum atomic E-state index is 12.1. The lowest BCUT2D eigenvalue weighted by molar-refractivity contribution is -0.274. The van der Waals surface area contributed by atoms with Gasteiger partial charge in [-0.3, -0.25) is 0 Å². The van der Waals surface area contributed by atoms with Crippen molar-refractivity contribution in [3.63, 3.8) is 0 Å². The predicted molar refractivity (Wildman–Crippen MR) is 93.7 cm³/mol. The van der Waals surface area contributed by atoms with Gasteiger partial charge in [0.1, 0.15) is 5.75 Å². The summed E-state index contributed by atoms with van der Waals surface area (Å²) in [4.78, 5) is 0. The summed E-state index contributed by atoms with van der Waals surface area (Å²) in [7, 11) is 0. The van der Waals surface area contributed by atoms with Crippen LogP contribution in [0.15, 0.2) is 24.3 Å². The first-order valence-electron chi connectivity index (χ1n) is 9.75. The van der Waals surface area contributed by atoms with Crippen LogP contribution in [0.3, 0.4) is 0 Å². The summed E-state index contributed by atoms with van der Waals surface area (Å²) in [5.74, 6) is 3.58. The molecule has 0 unspecified atom stereocenters. The average molecular weight is 368 g/mol. The van der Waals surface area contributed by atoms with Crippen molar-refractivity contribution in [2.75, 3.05) is 13.1 Å². The highest BCUT2D eigenvalue weighted by Crippen LogP contribution is 2.53. The molecule has 0 amide bonds. The molecule has 1 aromatic rings. The second kappa shape index (κ2) is 7.39. The van der Waals surface area contributed by atoms with Crippen LogP contribution in [0.4, 0.5) is 13.2 Å². The van der Waals surface area contributed by atoms with E-state index in [2.05, 4.69) is 15.4 Å². The molecule has 4 fully saturated rings. The number of hydrogen-bond donors (Lipinski definition) is 2.